The normalized spacial score (nSPS) is 18.9. The zero-order valence-electron chi connectivity index (χ0n) is 17.4. The molecule has 5 heteroatoms. The van der Waals surface area contributed by atoms with E-state index in [2.05, 4.69) is 67.2 Å². The van der Waals surface area contributed by atoms with Gasteiger partial charge in [0.2, 0.25) is 11.9 Å². The smallest absolute Gasteiger partial charge is 0.235 e. The molecular weight excluding hydrogens is 358 g/mol. The maximum absolute atomic E-state index is 4.70. The molecule has 0 aliphatic carbocycles. The largest absolute Gasteiger partial charge is 0.331 e. The highest BCUT2D eigenvalue weighted by atomic mass is 15.4. The van der Waals surface area contributed by atoms with Crippen molar-refractivity contribution in [1.29, 1.82) is 0 Å². The Balaban J connectivity index is 1.70. The maximum Gasteiger partial charge on any atom is 0.235 e. The Labute approximate surface area is 172 Å². The van der Waals surface area contributed by atoms with E-state index >= 15 is 0 Å². The van der Waals surface area contributed by atoms with Crippen molar-refractivity contribution in [2.24, 2.45) is 9.98 Å². The lowest BCUT2D eigenvalue weighted by Gasteiger charge is -2.39. The predicted octanol–water partition coefficient (Wildman–Crippen LogP) is 5.14. The van der Waals surface area contributed by atoms with Crippen molar-refractivity contribution in [2.75, 3.05) is 5.32 Å². The van der Waals surface area contributed by atoms with E-state index in [9.17, 15) is 0 Å². The van der Waals surface area contributed by atoms with Gasteiger partial charge >= 0.3 is 0 Å². The summed E-state index contributed by atoms with van der Waals surface area (Å²) in [5.74, 6) is 1.30. The molecule has 2 aliphatic rings. The third kappa shape index (κ3) is 3.94. The summed E-state index contributed by atoms with van der Waals surface area (Å²) in [5.41, 5.74) is 5.27. The van der Waals surface area contributed by atoms with Crippen molar-refractivity contribution >= 4 is 17.6 Å². The van der Waals surface area contributed by atoms with Crippen LogP contribution in [0.25, 0.3) is 0 Å². The highest BCUT2D eigenvalue weighted by Crippen LogP contribution is 2.31. The standard InChI is InChI=1S/C24H27N5/c1-16-15-17(2)29-21(18-11-13-19(14-12-18)24(3,4)5)27-22(28-23(29)25-16)26-20-9-7-6-8-10-20/h6-15,21H,2H2,1,3-5H3,(H2,25,26,27,28). The second-order valence-corrected chi connectivity index (χ2v) is 8.43. The molecule has 0 amide bonds. The summed E-state index contributed by atoms with van der Waals surface area (Å²) < 4.78 is 0. The number of benzene rings is 2. The first-order chi connectivity index (χ1) is 13.8. The van der Waals surface area contributed by atoms with Crippen LogP contribution in [0.3, 0.4) is 0 Å². The SMILES string of the molecule is C=C1C=C(C)N=C2N=C(Nc3ccccc3)NC(c3ccc(C(C)(C)C)cc3)N12. The molecule has 0 saturated carbocycles. The molecule has 2 heterocycles. The van der Waals surface area contributed by atoms with Crippen molar-refractivity contribution < 1.29 is 0 Å². The van der Waals surface area contributed by atoms with Crippen molar-refractivity contribution in [3.8, 4) is 0 Å². The van der Waals surface area contributed by atoms with Crippen LogP contribution in [0.5, 0.6) is 0 Å². The number of fused-ring (bicyclic) bond motifs is 1. The number of anilines is 1. The molecule has 148 valence electrons. The second kappa shape index (κ2) is 7.24. The molecule has 29 heavy (non-hydrogen) atoms. The van der Waals surface area contributed by atoms with Gasteiger partial charge in [-0.3, -0.25) is 4.90 Å². The Morgan fingerprint density at radius 3 is 2.34 bits per heavy atom. The summed E-state index contributed by atoms with van der Waals surface area (Å²) in [6, 6.07) is 18.7. The molecule has 2 aliphatic heterocycles. The number of guanidine groups is 2. The summed E-state index contributed by atoms with van der Waals surface area (Å²) in [6.45, 7) is 12.9. The quantitative estimate of drug-likeness (QED) is 0.752. The van der Waals surface area contributed by atoms with E-state index in [1.165, 1.54) is 5.56 Å². The number of para-hydroxylation sites is 1. The average molecular weight is 386 g/mol. The number of allylic oxidation sites excluding steroid dienone is 2. The Kier molecular flexibility index (Phi) is 4.74. The van der Waals surface area contributed by atoms with Gasteiger partial charge in [0.1, 0.15) is 6.17 Å². The van der Waals surface area contributed by atoms with Crippen LogP contribution in [-0.2, 0) is 5.41 Å². The van der Waals surface area contributed by atoms with Gasteiger partial charge < -0.3 is 10.6 Å². The van der Waals surface area contributed by atoms with Crippen molar-refractivity contribution in [3.63, 3.8) is 0 Å². The predicted molar refractivity (Wildman–Crippen MR) is 121 cm³/mol. The fourth-order valence-corrected chi connectivity index (χ4v) is 3.49. The zero-order chi connectivity index (χ0) is 20.6. The first-order valence-electron chi connectivity index (χ1n) is 9.84. The van der Waals surface area contributed by atoms with Crippen LogP contribution in [0.2, 0.25) is 0 Å². The highest BCUT2D eigenvalue weighted by Gasteiger charge is 2.32. The second-order valence-electron chi connectivity index (χ2n) is 8.43. The maximum atomic E-state index is 4.70. The summed E-state index contributed by atoms with van der Waals surface area (Å²) >= 11 is 0. The molecule has 4 rings (SSSR count). The summed E-state index contributed by atoms with van der Waals surface area (Å²) in [5, 5.41) is 6.88. The molecular formula is C24H27N5. The van der Waals surface area contributed by atoms with E-state index in [1.807, 2.05) is 48.2 Å². The van der Waals surface area contributed by atoms with Crippen LogP contribution in [0.1, 0.15) is 45.0 Å². The minimum atomic E-state index is -0.150. The number of hydrogen-bond acceptors (Lipinski definition) is 5. The van der Waals surface area contributed by atoms with Crippen molar-refractivity contribution in [1.82, 2.24) is 10.2 Å². The van der Waals surface area contributed by atoms with E-state index in [1.54, 1.807) is 0 Å². The Morgan fingerprint density at radius 2 is 1.69 bits per heavy atom. The number of rotatable bonds is 2. The van der Waals surface area contributed by atoms with Gasteiger partial charge in [-0.25, -0.2) is 4.99 Å². The van der Waals surface area contributed by atoms with Gasteiger partial charge in [0.25, 0.3) is 0 Å². The Bertz CT molecular complexity index is 1010. The van der Waals surface area contributed by atoms with Crippen LogP contribution in [0.4, 0.5) is 5.69 Å². The van der Waals surface area contributed by atoms with Gasteiger partial charge in [-0.1, -0.05) is 69.8 Å². The van der Waals surface area contributed by atoms with E-state index in [-0.39, 0.29) is 11.6 Å². The van der Waals surface area contributed by atoms with E-state index < -0.39 is 0 Å². The number of hydrogen-bond donors (Lipinski definition) is 2. The molecule has 2 aromatic rings. The first-order valence-corrected chi connectivity index (χ1v) is 9.84. The third-order valence-electron chi connectivity index (χ3n) is 5.05. The molecule has 2 N–H and O–H groups in total. The van der Waals surface area contributed by atoms with Gasteiger partial charge in [-0.2, -0.15) is 4.99 Å². The first kappa shape index (κ1) is 19.0. The summed E-state index contributed by atoms with van der Waals surface area (Å²) in [4.78, 5) is 11.4. The van der Waals surface area contributed by atoms with Gasteiger partial charge in [-0.05, 0) is 41.7 Å². The van der Waals surface area contributed by atoms with E-state index in [0.717, 1.165) is 22.6 Å². The Hall–Kier alpha value is -3.34. The van der Waals surface area contributed by atoms with Gasteiger partial charge in [0, 0.05) is 17.1 Å². The van der Waals surface area contributed by atoms with Gasteiger partial charge in [0.05, 0.1) is 0 Å². The van der Waals surface area contributed by atoms with Crippen molar-refractivity contribution in [2.45, 2.75) is 39.3 Å². The molecule has 0 aromatic heterocycles. The van der Waals surface area contributed by atoms with Crippen LogP contribution in [0.15, 0.2) is 88.6 Å². The molecule has 0 bridgehead atoms. The highest BCUT2D eigenvalue weighted by molar-refractivity contribution is 6.05. The van der Waals surface area contributed by atoms with Gasteiger partial charge in [0.15, 0.2) is 0 Å². The van der Waals surface area contributed by atoms with Crippen LogP contribution < -0.4 is 10.6 Å². The lowest BCUT2D eigenvalue weighted by Crippen LogP contribution is -2.51. The molecule has 1 atom stereocenters. The third-order valence-corrected chi connectivity index (χ3v) is 5.05. The lowest BCUT2D eigenvalue weighted by atomic mass is 9.86. The number of aliphatic imine (C=N–C) groups is 2. The van der Waals surface area contributed by atoms with Crippen molar-refractivity contribution in [3.05, 3.63) is 89.8 Å². The minimum Gasteiger partial charge on any atom is -0.331 e. The molecule has 0 radical (unpaired) electrons. The monoisotopic (exact) mass is 385 g/mol. The summed E-state index contributed by atoms with van der Waals surface area (Å²) in [6.07, 6.45) is 1.83. The molecule has 5 nitrogen and oxygen atoms in total. The zero-order valence-corrected chi connectivity index (χ0v) is 17.4. The van der Waals surface area contributed by atoms with E-state index in [0.29, 0.717) is 11.9 Å². The Morgan fingerprint density at radius 1 is 1.00 bits per heavy atom. The number of nitrogens with zero attached hydrogens (tertiary/aromatic N) is 3. The molecule has 2 aromatic carbocycles. The summed E-state index contributed by atoms with van der Waals surface area (Å²) in [7, 11) is 0. The lowest BCUT2D eigenvalue weighted by molar-refractivity contribution is 0.353. The topological polar surface area (TPSA) is 52.0 Å². The fraction of sp³-hybridized carbons (Fsp3) is 0.250. The molecule has 1 unspecified atom stereocenters. The van der Waals surface area contributed by atoms with E-state index in [4.69, 9.17) is 4.99 Å². The molecule has 0 saturated heterocycles. The van der Waals surface area contributed by atoms with Crippen LogP contribution in [0, 0.1) is 0 Å². The van der Waals surface area contributed by atoms with Crippen LogP contribution >= 0.6 is 0 Å². The average Bonchev–Trinajstić information content (AvgIpc) is 2.67. The fourth-order valence-electron chi connectivity index (χ4n) is 3.49. The van der Waals surface area contributed by atoms with Gasteiger partial charge in [-0.15, -0.1) is 0 Å². The number of nitrogens with one attached hydrogen (secondary N) is 2. The molecule has 0 fully saturated rings. The van der Waals surface area contributed by atoms with Crippen LogP contribution in [-0.4, -0.2) is 16.8 Å². The minimum absolute atomic E-state index is 0.112. The molecule has 0 spiro atoms.